The van der Waals surface area contributed by atoms with Crippen LogP contribution in [-0.4, -0.2) is 10.9 Å². The molecule has 13 heavy (non-hydrogen) atoms. The Morgan fingerprint density at radius 1 is 1.38 bits per heavy atom. The molecule has 72 valence electrons. The first-order valence-electron chi connectivity index (χ1n) is 4.39. The lowest BCUT2D eigenvalue weighted by Crippen LogP contribution is -2.05. The van der Waals surface area contributed by atoms with Gasteiger partial charge in [0.2, 0.25) is 5.91 Å². The minimum Gasteiger partial charge on any atom is -0.325 e. The third kappa shape index (κ3) is 4.95. The number of aryl methyl sites for hydroxylation is 1. The van der Waals surface area contributed by atoms with E-state index in [1.54, 1.807) is 6.20 Å². The fourth-order valence-corrected chi connectivity index (χ4v) is 0.745. The highest BCUT2D eigenvalue weighted by Crippen LogP contribution is 2.04. The third-order valence-corrected chi connectivity index (χ3v) is 1.23. The van der Waals surface area contributed by atoms with Crippen molar-refractivity contribution in [3.8, 4) is 0 Å². The molecule has 0 aliphatic carbocycles. The second-order valence-electron chi connectivity index (χ2n) is 2.37. The lowest BCUT2D eigenvalue weighted by Gasteiger charge is -1.99. The van der Waals surface area contributed by atoms with Crippen LogP contribution in [0.2, 0.25) is 0 Å². The summed E-state index contributed by atoms with van der Waals surface area (Å²) in [4.78, 5) is 14.6. The Bertz CT molecular complexity index is 254. The van der Waals surface area contributed by atoms with Gasteiger partial charge in [-0.05, 0) is 19.1 Å². The van der Waals surface area contributed by atoms with E-state index in [9.17, 15) is 4.79 Å². The van der Waals surface area contributed by atoms with E-state index < -0.39 is 0 Å². The largest absolute Gasteiger partial charge is 0.325 e. The Morgan fingerprint density at radius 3 is 2.38 bits per heavy atom. The van der Waals surface area contributed by atoms with Crippen molar-refractivity contribution in [2.24, 2.45) is 0 Å². The van der Waals surface area contributed by atoms with E-state index in [1.165, 1.54) is 6.92 Å². The highest BCUT2D eigenvalue weighted by molar-refractivity contribution is 5.88. The molecular formula is C10H16N2O. The normalized spacial score (nSPS) is 8.31. The van der Waals surface area contributed by atoms with Gasteiger partial charge in [0.15, 0.2) is 0 Å². The van der Waals surface area contributed by atoms with Crippen molar-refractivity contribution in [3.63, 3.8) is 0 Å². The number of pyridine rings is 1. The second-order valence-corrected chi connectivity index (χ2v) is 2.37. The maximum Gasteiger partial charge on any atom is 0.221 e. The third-order valence-electron chi connectivity index (χ3n) is 1.23. The smallest absolute Gasteiger partial charge is 0.221 e. The zero-order valence-corrected chi connectivity index (χ0v) is 8.59. The predicted octanol–water partition coefficient (Wildman–Crippen LogP) is 2.37. The number of amides is 1. The van der Waals surface area contributed by atoms with E-state index in [1.807, 2.05) is 32.9 Å². The van der Waals surface area contributed by atoms with Gasteiger partial charge in [-0.15, -0.1) is 0 Å². The Labute approximate surface area is 79.2 Å². The summed E-state index contributed by atoms with van der Waals surface area (Å²) in [5.74, 6) is -0.0735. The first kappa shape index (κ1) is 11.6. The molecule has 0 unspecified atom stereocenters. The monoisotopic (exact) mass is 180 g/mol. The van der Waals surface area contributed by atoms with Gasteiger partial charge in [-0.25, -0.2) is 0 Å². The minimum absolute atomic E-state index is 0.0735. The number of hydrogen-bond donors (Lipinski definition) is 1. The van der Waals surface area contributed by atoms with Crippen molar-refractivity contribution in [1.29, 1.82) is 0 Å². The molecule has 0 fully saturated rings. The summed E-state index contributed by atoms with van der Waals surface area (Å²) < 4.78 is 0. The first-order chi connectivity index (χ1) is 6.18. The number of carbonyl (C=O) groups excluding carboxylic acids is 1. The zero-order valence-electron chi connectivity index (χ0n) is 8.59. The van der Waals surface area contributed by atoms with Crippen LogP contribution in [0.4, 0.5) is 5.69 Å². The van der Waals surface area contributed by atoms with Gasteiger partial charge < -0.3 is 5.32 Å². The van der Waals surface area contributed by atoms with Gasteiger partial charge in [0.05, 0.1) is 11.9 Å². The molecule has 3 nitrogen and oxygen atoms in total. The van der Waals surface area contributed by atoms with Gasteiger partial charge in [0.1, 0.15) is 0 Å². The molecule has 0 saturated heterocycles. The highest BCUT2D eigenvalue weighted by Gasteiger charge is 1.93. The number of nitrogens with zero attached hydrogens (tertiary/aromatic N) is 1. The number of aromatic nitrogens is 1. The maximum absolute atomic E-state index is 10.6. The van der Waals surface area contributed by atoms with Crippen molar-refractivity contribution in [2.45, 2.75) is 27.7 Å². The highest BCUT2D eigenvalue weighted by atomic mass is 16.1. The molecule has 0 aromatic carbocycles. The van der Waals surface area contributed by atoms with Crippen molar-refractivity contribution in [2.75, 3.05) is 5.32 Å². The van der Waals surface area contributed by atoms with Crippen LogP contribution in [0.5, 0.6) is 0 Å². The van der Waals surface area contributed by atoms with Crippen LogP contribution < -0.4 is 5.32 Å². The summed E-state index contributed by atoms with van der Waals surface area (Å²) in [7, 11) is 0. The van der Waals surface area contributed by atoms with Crippen molar-refractivity contribution < 1.29 is 4.79 Å². The molecule has 0 radical (unpaired) electrons. The van der Waals surface area contributed by atoms with Crippen LogP contribution in [0.3, 0.4) is 0 Å². The summed E-state index contributed by atoms with van der Waals surface area (Å²) in [6, 6.07) is 3.68. The molecule has 0 atom stereocenters. The molecule has 1 aromatic heterocycles. The lowest BCUT2D eigenvalue weighted by atomic mass is 10.3. The van der Waals surface area contributed by atoms with Crippen LogP contribution in [0.25, 0.3) is 0 Å². The van der Waals surface area contributed by atoms with E-state index in [-0.39, 0.29) is 5.91 Å². The van der Waals surface area contributed by atoms with E-state index in [0.29, 0.717) is 0 Å². The average molecular weight is 180 g/mol. The second kappa shape index (κ2) is 6.17. The molecule has 0 bridgehead atoms. The molecule has 1 amide bonds. The van der Waals surface area contributed by atoms with Gasteiger partial charge in [-0.2, -0.15) is 0 Å². The summed E-state index contributed by atoms with van der Waals surface area (Å²) >= 11 is 0. The van der Waals surface area contributed by atoms with E-state index in [0.717, 1.165) is 11.4 Å². The van der Waals surface area contributed by atoms with Gasteiger partial charge in [0, 0.05) is 12.6 Å². The minimum atomic E-state index is -0.0735. The molecule has 0 aliphatic rings. The van der Waals surface area contributed by atoms with E-state index in [4.69, 9.17) is 0 Å². The molecule has 3 heteroatoms. The van der Waals surface area contributed by atoms with Gasteiger partial charge in [0.25, 0.3) is 0 Å². The van der Waals surface area contributed by atoms with Crippen LogP contribution in [0.1, 0.15) is 26.5 Å². The van der Waals surface area contributed by atoms with Gasteiger partial charge in [-0.3, -0.25) is 9.78 Å². The van der Waals surface area contributed by atoms with Crippen molar-refractivity contribution >= 4 is 11.6 Å². The predicted molar refractivity (Wildman–Crippen MR) is 54.6 cm³/mol. The van der Waals surface area contributed by atoms with Crippen LogP contribution in [0, 0.1) is 6.92 Å². The zero-order chi connectivity index (χ0) is 10.3. The fourth-order valence-electron chi connectivity index (χ4n) is 0.745. The molecule has 0 aliphatic heterocycles. The molecule has 1 rings (SSSR count). The number of rotatable bonds is 1. The average Bonchev–Trinajstić information content (AvgIpc) is 2.12. The van der Waals surface area contributed by atoms with Crippen LogP contribution in [0.15, 0.2) is 18.3 Å². The number of anilines is 1. The number of hydrogen-bond acceptors (Lipinski definition) is 2. The van der Waals surface area contributed by atoms with Crippen molar-refractivity contribution in [3.05, 3.63) is 24.0 Å². The number of nitrogens with one attached hydrogen (secondary N) is 1. The molecule has 0 saturated carbocycles. The fraction of sp³-hybridized carbons (Fsp3) is 0.400. The molecule has 0 spiro atoms. The van der Waals surface area contributed by atoms with Gasteiger partial charge in [-0.1, -0.05) is 13.8 Å². The Balaban J connectivity index is 0.000000671. The number of carbonyl (C=O) groups is 1. The van der Waals surface area contributed by atoms with Gasteiger partial charge >= 0.3 is 0 Å². The van der Waals surface area contributed by atoms with Crippen molar-refractivity contribution in [1.82, 2.24) is 4.98 Å². The first-order valence-corrected chi connectivity index (χ1v) is 4.39. The quantitative estimate of drug-likeness (QED) is 0.721. The summed E-state index contributed by atoms with van der Waals surface area (Å²) in [6.07, 6.45) is 1.64. The van der Waals surface area contributed by atoms with E-state index >= 15 is 0 Å². The molecule has 1 aromatic rings. The van der Waals surface area contributed by atoms with Crippen LogP contribution >= 0.6 is 0 Å². The van der Waals surface area contributed by atoms with E-state index in [2.05, 4.69) is 10.3 Å². The molecule has 1 heterocycles. The maximum atomic E-state index is 10.6. The Morgan fingerprint density at radius 2 is 2.00 bits per heavy atom. The molecular weight excluding hydrogens is 164 g/mol. The SMILES string of the molecule is CC.CC(=O)Nc1ccc(C)nc1. The Kier molecular flexibility index (Phi) is 5.52. The summed E-state index contributed by atoms with van der Waals surface area (Å²) in [6.45, 7) is 7.37. The lowest BCUT2D eigenvalue weighted by molar-refractivity contribution is -0.114. The molecule has 1 N–H and O–H groups in total. The Hall–Kier alpha value is -1.38. The standard InChI is InChI=1S/C8H10N2O.C2H6/c1-6-3-4-8(5-9-6)10-7(2)11;1-2/h3-5H,1-2H3,(H,10,11);1-2H3. The topological polar surface area (TPSA) is 42.0 Å². The summed E-state index contributed by atoms with van der Waals surface area (Å²) in [5.41, 5.74) is 1.68. The summed E-state index contributed by atoms with van der Waals surface area (Å²) in [5, 5.41) is 2.63. The van der Waals surface area contributed by atoms with Crippen LogP contribution in [-0.2, 0) is 4.79 Å².